The number of hydrogen-bond acceptors (Lipinski definition) is 7. The highest BCUT2D eigenvalue weighted by atomic mass is 35.5. The molecule has 1 aromatic carbocycles. The Hall–Kier alpha value is -2.36. The fourth-order valence-corrected chi connectivity index (χ4v) is 3.00. The van der Waals surface area contributed by atoms with Crippen molar-refractivity contribution in [3.8, 4) is 5.88 Å². The minimum Gasteiger partial charge on any atom is -0.475 e. The van der Waals surface area contributed by atoms with Crippen LogP contribution in [0.4, 0.5) is 10.1 Å². The lowest BCUT2D eigenvalue weighted by molar-refractivity contribution is 0.144. The monoisotopic (exact) mass is 411 g/mol. The van der Waals surface area contributed by atoms with E-state index < -0.39 is 5.82 Å². The number of benzene rings is 1. The summed E-state index contributed by atoms with van der Waals surface area (Å²) in [5.74, 6) is -0.0606. The van der Waals surface area contributed by atoms with Gasteiger partial charge in [-0.05, 0) is 36.8 Å². The number of amidine groups is 1. The fraction of sp³-hybridized carbons (Fsp3) is 0.444. The molecule has 1 aliphatic heterocycles. The molecule has 1 fully saturated rings. The van der Waals surface area contributed by atoms with Crippen molar-refractivity contribution in [2.75, 3.05) is 51.7 Å². The van der Waals surface area contributed by atoms with Gasteiger partial charge in [-0.15, -0.1) is 0 Å². The quantitative estimate of drug-likeness (QED) is 0.238. The lowest BCUT2D eigenvalue weighted by Crippen LogP contribution is -2.44. The number of hydrogen-bond donors (Lipinski definition) is 2. The van der Waals surface area contributed by atoms with E-state index in [1.807, 2.05) is 0 Å². The Morgan fingerprint density at radius 3 is 2.86 bits per heavy atom. The lowest BCUT2D eigenvalue weighted by atomic mass is 10.3. The summed E-state index contributed by atoms with van der Waals surface area (Å²) in [6, 6.07) is 5.55. The smallest absolute Gasteiger partial charge is 0.254 e. The largest absolute Gasteiger partial charge is 0.475 e. The van der Waals surface area contributed by atoms with Gasteiger partial charge in [0.25, 0.3) is 5.88 Å². The van der Waals surface area contributed by atoms with Crippen LogP contribution in [0.2, 0.25) is 5.02 Å². The summed E-state index contributed by atoms with van der Waals surface area (Å²) in [5.41, 5.74) is 0.435. The molecule has 1 aromatic heterocycles. The second kappa shape index (κ2) is 9.72. The first-order chi connectivity index (χ1) is 13.5. The molecule has 0 amide bonds. The van der Waals surface area contributed by atoms with E-state index in [0.717, 1.165) is 39.1 Å². The number of likely N-dealkylation sites (N-methyl/N-ethyl adjacent to an activating group) is 1. The zero-order valence-electron chi connectivity index (χ0n) is 15.6. The Morgan fingerprint density at radius 2 is 2.14 bits per heavy atom. The summed E-state index contributed by atoms with van der Waals surface area (Å²) in [7, 11) is 2.13. The molecule has 2 N–H and O–H groups in total. The molecule has 0 unspecified atom stereocenters. The Balaban J connectivity index is 1.47. The van der Waals surface area contributed by atoms with Crippen molar-refractivity contribution < 1.29 is 18.9 Å². The van der Waals surface area contributed by atoms with Crippen molar-refractivity contribution in [1.82, 2.24) is 15.0 Å². The molecule has 0 aliphatic carbocycles. The van der Waals surface area contributed by atoms with E-state index >= 15 is 0 Å². The Morgan fingerprint density at radius 1 is 1.36 bits per heavy atom. The number of rotatable bonds is 7. The first-order valence-electron chi connectivity index (χ1n) is 9.00. The van der Waals surface area contributed by atoms with Crippen LogP contribution in [0, 0.1) is 5.82 Å². The van der Waals surface area contributed by atoms with E-state index in [1.165, 1.54) is 24.3 Å². The summed E-state index contributed by atoms with van der Waals surface area (Å²) < 4.78 is 24.0. The number of anilines is 1. The molecule has 1 aliphatic rings. The molecule has 0 saturated carbocycles. The zero-order chi connectivity index (χ0) is 19.9. The van der Waals surface area contributed by atoms with Gasteiger partial charge in [-0.2, -0.15) is 0 Å². The van der Waals surface area contributed by atoms with Crippen LogP contribution in [-0.4, -0.2) is 72.4 Å². The molecule has 8 nitrogen and oxygen atoms in total. The highest BCUT2D eigenvalue weighted by Gasteiger charge is 2.15. The van der Waals surface area contributed by atoms with Gasteiger partial charge in [0.05, 0.1) is 17.7 Å². The number of aromatic nitrogens is 1. The normalized spacial score (nSPS) is 16.3. The molecule has 3 rings (SSSR count). The average molecular weight is 412 g/mol. The van der Waals surface area contributed by atoms with E-state index in [1.54, 1.807) is 0 Å². The van der Waals surface area contributed by atoms with Crippen molar-refractivity contribution in [3.05, 3.63) is 40.9 Å². The molecule has 0 radical (unpaired) electrons. The fourth-order valence-electron chi connectivity index (χ4n) is 2.82. The molecule has 1 saturated heterocycles. The molecule has 2 heterocycles. The molecule has 152 valence electrons. The highest BCUT2D eigenvalue weighted by molar-refractivity contribution is 6.31. The molecular weight excluding hydrogens is 389 g/mol. The van der Waals surface area contributed by atoms with E-state index in [2.05, 4.69) is 32.5 Å². The Labute approximate surface area is 167 Å². The SMILES string of the molecule is CN1CCN(CCCOc2cc(/C(=N\O)Nc3ccc(F)c(Cl)c3)on2)CC1. The third kappa shape index (κ3) is 5.57. The van der Waals surface area contributed by atoms with Gasteiger partial charge in [-0.25, -0.2) is 4.39 Å². The lowest BCUT2D eigenvalue weighted by Gasteiger charge is -2.32. The molecule has 0 spiro atoms. The number of nitrogens with one attached hydrogen (secondary N) is 1. The maximum atomic E-state index is 13.2. The van der Waals surface area contributed by atoms with Crippen LogP contribution in [0.3, 0.4) is 0 Å². The van der Waals surface area contributed by atoms with Crippen LogP contribution in [0.15, 0.2) is 33.9 Å². The van der Waals surface area contributed by atoms with Crippen LogP contribution < -0.4 is 10.1 Å². The minimum absolute atomic E-state index is 0.00228. The van der Waals surface area contributed by atoms with E-state index in [0.29, 0.717) is 18.2 Å². The number of ether oxygens (including phenoxy) is 1. The van der Waals surface area contributed by atoms with Crippen molar-refractivity contribution in [2.45, 2.75) is 6.42 Å². The maximum Gasteiger partial charge on any atom is 0.254 e. The number of nitrogens with zero attached hydrogens (tertiary/aromatic N) is 4. The number of halogens is 2. The summed E-state index contributed by atoms with van der Waals surface area (Å²) in [5, 5.41) is 18.9. The maximum absolute atomic E-state index is 13.2. The Bertz CT molecular complexity index is 808. The standard InChI is InChI=1S/C18H23ClFN5O3/c1-24-6-8-25(9-7-24)5-2-10-27-17-12-16(28-23-17)18(22-26)21-13-3-4-15(20)14(19)11-13/h3-4,11-12,26H,2,5-10H2,1H3,(H,21,22). The van der Waals surface area contributed by atoms with Crippen molar-refractivity contribution >= 4 is 23.1 Å². The third-order valence-corrected chi connectivity index (χ3v) is 4.76. The van der Waals surface area contributed by atoms with Crippen molar-refractivity contribution in [1.29, 1.82) is 0 Å². The predicted octanol–water partition coefficient (Wildman–Crippen LogP) is 2.73. The molecule has 0 bridgehead atoms. The summed E-state index contributed by atoms with van der Waals surface area (Å²) in [6.07, 6.45) is 0.874. The second-order valence-corrected chi connectivity index (χ2v) is 6.99. The van der Waals surface area contributed by atoms with E-state index in [4.69, 9.17) is 20.9 Å². The van der Waals surface area contributed by atoms with Crippen LogP contribution in [-0.2, 0) is 0 Å². The minimum atomic E-state index is -0.540. The van der Waals surface area contributed by atoms with E-state index in [-0.39, 0.29) is 16.6 Å². The van der Waals surface area contributed by atoms with Gasteiger partial charge in [0.15, 0.2) is 0 Å². The van der Waals surface area contributed by atoms with Crippen LogP contribution in [0.25, 0.3) is 0 Å². The van der Waals surface area contributed by atoms with Gasteiger partial charge in [0.1, 0.15) is 5.82 Å². The molecule has 2 aromatic rings. The van der Waals surface area contributed by atoms with Crippen LogP contribution in [0.1, 0.15) is 12.2 Å². The topological polar surface area (TPSA) is 86.4 Å². The van der Waals surface area contributed by atoms with Crippen LogP contribution >= 0.6 is 11.6 Å². The van der Waals surface area contributed by atoms with Crippen molar-refractivity contribution in [2.24, 2.45) is 5.16 Å². The highest BCUT2D eigenvalue weighted by Crippen LogP contribution is 2.21. The van der Waals surface area contributed by atoms with Gasteiger partial charge in [0.2, 0.25) is 11.6 Å². The molecular formula is C18H23ClFN5O3. The molecule has 10 heteroatoms. The Kier molecular flexibility index (Phi) is 7.07. The number of piperazine rings is 1. The van der Waals surface area contributed by atoms with Crippen LogP contribution in [0.5, 0.6) is 5.88 Å². The zero-order valence-corrected chi connectivity index (χ0v) is 16.3. The van der Waals surface area contributed by atoms with Gasteiger partial charge in [0, 0.05) is 38.4 Å². The summed E-state index contributed by atoms with van der Waals surface area (Å²) in [6.45, 7) is 5.78. The van der Waals surface area contributed by atoms with Crippen molar-refractivity contribution in [3.63, 3.8) is 0 Å². The van der Waals surface area contributed by atoms with Gasteiger partial charge < -0.3 is 29.6 Å². The first-order valence-corrected chi connectivity index (χ1v) is 9.38. The summed E-state index contributed by atoms with van der Waals surface area (Å²) >= 11 is 5.75. The number of oxime groups is 1. The van der Waals surface area contributed by atoms with Gasteiger partial charge in [-0.1, -0.05) is 16.8 Å². The van der Waals surface area contributed by atoms with Gasteiger partial charge >= 0.3 is 0 Å². The van der Waals surface area contributed by atoms with E-state index in [9.17, 15) is 9.60 Å². The first kappa shape index (κ1) is 20.4. The molecule has 0 atom stereocenters. The summed E-state index contributed by atoms with van der Waals surface area (Å²) in [4.78, 5) is 4.73. The molecule has 28 heavy (non-hydrogen) atoms. The van der Waals surface area contributed by atoms with Gasteiger partial charge in [-0.3, -0.25) is 0 Å². The average Bonchev–Trinajstić information content (AvgIpc) is 3.16. The third-order valence-electron chi connectivity index (χ3n) is 4.47. The second-order valence-electron chi connectivity index (χ2n) is 6.58. The predicted molar refractivity (Wildman–Crippen MR) is 104 cm³/mol.